The van der Waals surface area contributed by atoms with Crippen LogP contribution in [-0.4, -0.2) is 39.9 Å². The van der Waals surface area contributed by atoms with Crippen molar-refractivity contribution in [2.45, 2.75) is 57.0 Å². The summed E-state index contributed by atoms with van der Waals surface area (Å²) >= 11 is 0. The van der Waals surface area contributed by atoms with Crippen LogP contribution in [0, 0.1) is 17.3 Å². The molecular weight excluding hydrogens is 365 g/mol. The molecular formula is C22H23F3N2O. The molecule has 2 unspecified atom stereocenters. The molecule has 4 atom stereocenters. The van der Waals surface area contributed by atoms with Crippen molar-refractivity contribution in [1.82, 2.24) is 9.47 Å². The molecule has 3 nitrogen and oxygen atoms in total. The summed E-state index contributed by atoms with van der Waals surface area (Å²) in [6, 6.07) is 6.29. The minimum absolute atomic E-state index is 0.0136. The van der Waals surface area contributed by atoms with E-state index in [1.54, 1.807) is 4.57 Å². The van der Waals surface area contributed by atoms with E-state index in [1.165, 1.54) is 0 Å². The number of aromatic nitrogens is 1. The Morgan fingerprint density at radius 1 is 1.29 bits per heavy atom. The van der Waals surface area contributed by atoms with Crippen LogP contribution in [0.15, 0.2) is 24.3 Å². The standard InChI is InChI=1S/C22H23F3N2O/c1-2-21-10-5-12-26-13-9-15-14-6-3-4-7-16(14)27(18(15)19(21)26)17(8-11-21)20(28)22(23,24)25/h3-4,6-7,17,19-20,28H,2,5,9-10,12-13H2,1H3/t17?,19-,20?,21+/m1/s1. The molecule has 0 saturated carbocycles. The van der Waals surface area contributed by atoms with Crippen LogP contribution in [0.5, 0.6) is 0 Å². The van der Waals surface area contributed by atoms with Crippen molar-refractivity contribution in [2.24, 2.45) is 5.41 Å². The Kier molecular flexibility index (Phi) is 3.88. The Balaban J connectivity index is 1.86. The van der Waals surface area contributed by atoms with Crippen molar-refractivity contribution >= 4 is 10.9 Å². The molecule has 1 fully saturated rings. The maximum atomic E-state index is 13.6. The maximum absolute atomic E-state index is 13.6. The third-order valence-corrected chi connectivity index (χ3v) is 6.93. The summed E-state index contributed by atoms with van der Waals surface area (Å²) in [5.41, 5.74) is 2.44. The highest BCUT2D eigenvalue weighted by molar-refractivity contribution is 5.86. The van der Waals surface area contributed by atoms with Crippen LogP contribution in [0.3, 0.4) is 0 Å². The molecule has 1 N–H and O–H groups in total. The normalized spacial score (nSPS) is 30.3. The van der Waals surface area contributed by atoms with E-state index < -0.39 is 18.3 Å². The SMILES string of the molecule is CC[C@@]12C#CC(C(O)C(F)(F)F)n3c4c(c5ccccc53)CCN(CCC1)[C@H]42. The van der Waals surface area contributed by atoms with Gasteiger partial charge in [-0.3, -0.25) is 4.90 Å². The quantitative estimate of drug-likeness (QED) is 0.781. The van der Waals surface area contributed by atoms with E-state index in [0.717, 1.165) is 60.9 Å². The Morgan fingerprint density at radius 2 is 2.07 bits per heavy atom. The van der Waals surface area contributed by atoms with E-state index in [1.807, 2.05) is 24.3 Å². The third-order valence-electron chi connectivity index (χ3n) is 6.93. The van der Waals surface area contributed by atoms with Crippen molar-refractivity contribution in [2.75, 3.05) is 13.1 Å². The number of aliphatic hydroxyl groups is 1. The van der Waals surface area contributed by atoms with E-state index in [9.17, 15) is 18.3 Å². The van der Waals surface area contributed by atoms with Crippen LogP contribution in [0.1, 0.15) is 49.5 Å². The number of piperidine rings is 1. The van der Waals surface area contributed by atoms with Gasteiger partial charge >= 0.3 is 6.18 Å². The molecule has 0 bridgehead atoms. The zero-order chi connectivity index (χ0) is 19.7. The van der Waals surface area contributed by atoms with Gasteiger partial charge in [0.1, 0.15) is 6.04 Å². The molecule has 0 aliphatic carbocycles. The lowest BCUT2D eigenvalue weighted by atomic mass is 9.68. The van der Waals surface area contributed by atoms with E-state index >= 15 is 0 Å². The molecule has 4 heterocycles. The van der Waals surface area contributed by atoms with Crippen LogP contribution in [0.2, 0.25) is 0 Å². The molecule has 1 aromatic carbocycles. The molecule has 3 aliphatic heterocycles. The summed E-state index contributed by atoms with van der Waals surface area (Å²) in [7, 11) is 0. The minimum Gasteiger partial charge on any atom is -0.381 e. The Hall–Kier alpha value is -1.97. The number of para-hydroxylation sites is 1. The summed E-state index contributed by atoms with van der Waals surface area (Å²) in [6.07, 6.45) is -3.75. The van der Waals surface area contributed by atoms with Gasteiger partial charge in [0.2, 0.25) is 0 Å². The molecule has 2 aromatic rings. The average Bonchev–Trinajstić information content (AvgIpc) is 2.93. The summed E-state index contributed by atoms with van der Waals surface area (Å²) in [4.78, 5) is 2.40. The molecule has 6 heteroatoms. The second kappa shape index (κ2) is 6.01. The number of benzene rings is 1. The molecule has 1 aromatic heterocycles. The molecule has 0 amide bonds. The predicted octanol–water partition coefficient (Wildman–Crippen LogP) is 4.21. The summed E-state index contributed by atoms with van der Waals surface area (Å²) in [5, 5.41) is 11.3. The number of nitrogens with zero attached hydrogens (tertiary/aromatic N) is 2. The molecule has 1 saturated heterocycles. The number of halogens is 3. The number of hydrogen-bond acceptors (Lipinski definition) is 2. The van der Waals surface area contributed by atoms with E-state index in [2.05, 4.69) is 23.7 Å². The summed E-state index contributed by atoms with van der Waals surface area (Å²) < 4.78 is 42.4. The van der Waals surface area contributed by atoms with Crippen molar-refractivity contribution in [1.29, 1.82) is 0 Å². The zero-order valence-corrected chi connectivity index (χ0v) is 15.8. The highest BCUT2D eigenvalue weighted by atomic mass is 19.4. The van der Waals surface area contributed by atoms with Crippen LogP contribution >= 0.6 is 0 Å². The van der Waals surface area contributed by atoms with Crippen LogP contribution < -0.4 is 0 Å². The fraction of sp³-hybridized carbons (Fsp3) is 0.545. The van der Waals surface area contributed by atoms with Gasteiger partial charge in [-0.1, -0.05) is 37.0 Å². The molecule has 3 aliphatic rings. The van der Waals surface area contributed by atoms with Gasteiger partial charge in [0, 0.05) is 23.1 Å². The molecule has 0 spiro atoms. The first-order chi connectivity index (χ1) is 13.4. The fourth-order valence-corrected chi connectivity index (χ4v) is 5.63. The lowest BCUT2D eigenvalue weighted by Crippen LogP contribution is -2.49. The lowest BCUT2D eigenvalue weighted by molar-refractivity contribution is -0.211. The average molecular weight is 388 g/mol. The van der Waals surface area contributed by atoms with Crippen LogP contribution in [-0.2, 0) is 6.42 Å². The molecule has 5 rings (SSSR count). The van der Waals surface area contributed by atoms with E-state index in [-0.39, 0.29) is 11.5 Å². The first-order valence-corrected chi connectivity index (χ1v) is 10.0. The van der Waals surface area contributed by atoms with Gasteiger partial charge in [-0.25, -0.2) is 0 Å². The van der Waals surface area contributed by atoms with E-state index in [4.69, 9.17) is 0 Å². The van der Waals surface area contributed by atoms with Crippen molar-refractivity contribution in [3.63, 3.8) is 0 Å². The maximum Gasteiger partial charge on any atom is 0.417 e. The van der Waals surface area contributed by atoms with Gasteiger partial charge in [-0.15, -0.1) is 0 Å². The topological polar surface area (TPSA) is 28.4 Å². The smallest absolute Gasteiger partial charge is 0.381 e. The largest absolute Gasteiger partial charge is 0.417 e. The highest BCUT2D eigenvalue weighted by Crippen LogP contribution is 2.54. The fourth-order valence-electron chi connectivity index (χ4n) is 5.63. The van der Waals surface area contributed by atoms with Gasteiger partial charge in [0.25, 0.3) is 0 Å². The summed E-state index contributed by atoms with van der Waals surface area (Å²) in [5.74, 6) is 6.17. The van der Waals surface area contributed by atoms with Crippen LogP contribution in [0.4, 0.5) is 13.2 Å². The van der Waals surface area contributed by atoms with Gasteiger partial charge in [-0.2, -0.15) is 13.2 Å². The van der Waals surface area contributed by atoms with Crippen molar-refractivity contribution in [3.8, 4) is 11.8 Å². The number of aliphatic hydroxyl groups excluding tert-OH is 1. The second-order valence-electron chi connectivity index (χ2n) is 8.25. The lowest BCUT2D eigenvalue weighted by Gasteiger charge is -2.49. The van der Waals surface area contributed by atoms with Gasteiger partial charge in [-0.05, 0) is 43.9 Å². The van der Waals surface area contributed by atoms with Gasteiger partial charge < -0.3 is 9.67 Å². The number of hydrogen-bond donors (Lipinski definition) is 1. The second-order valence-corrected chi connectivity index (χ2v) is 8.25. The summed E-state index contributed by atoms with van der Waals surface area (Å²) in [6.45, 7) is 3.93. The first-order valence-electron chi connectivity index (χ1n) is 10.0. The van der Waals surface area contributed by atoms with Crippen molar-refractivity contribution in [3.05, 3.63) is 35.5 Å². The van der Waals surface area contributed by atoms with E-state index in [0.29, 0.717) is 0 Å². The first kappa shape index (κ1) is 18.1. The van der Waals surface area contributed by atoms with Gasteiger partial charge in [0.15, 0.2) is 6.10 Å². The molecule has 148 valence electrons. The Labute approximate surface area is 162 Å². The number of rotatable bonds is 2. The number of alkyl halides is 3. The highest BCUT2D eigenvalue weighted by Gasteiger charge is 2.52. The van der Waals surface area contributed by atoms with Crippen LogP contribution in [0.25, 0.3) is 10.9 Å². The minimum atomic E-state index is -4.72. The van der Waals surface area contributed by atoms with Crippen molar-refractivity contribution < 1.29 is 18.3 Å². The Morgan fingerprint density at radius 3 is 2.82 bits per heavy atom. The van der Waals surface area contributed by atoms with Gasteiger partial charge in [0.05, 0.1) is 11.5 Å². The molecule has 28 heavy (non-hydrogen) atoms. The zero-order valence-electron chi connectivity index (χ0n) is 15.8. The Bertz CT molecular complexity index is 999. The predicted molar refractivity (Wildman–Crippen MR) is 101 cm³/mol. The monoisotopic (exact) mass is 388 g/mol. The third kappa shape index (κ3) is 2.33. The number of fused-ring (bicyclic) bond motifs is 3. The molecule has 0 radical (unpaired) electrons.